The Labute approximate surface area is 88.2 Å². The number of aliphatic hydroxyl groups excluding tert-OH is 1. The van der Waals surface area contributed by atoms with E-state index in [0.29, 0.717) is 0 Å². The van der Waals surface area contributed by atoms with Gasteiger partial charge in [0.05, 0.1) is 17.8 Å². The highest BCUT2D eigenvalue weighted by atomic mass is 32.1. The van der Waals surface area contributed by atoms with Crippen molar-refractivity contribution in [1.82, 2.24) is 10.3 Å². The first-order valence-corrected chi connectivity index (χ1v) is 5.89. The molecule has 0 aromatic carbocycles. The summed E-state index contributed by atoms with van der Waals surface area (Å²) < 4.78 is 0. The van der Waals surface area contributed by atoms with Crippen LogP contribution in [-0.2, 0) is 6.54 Å². The van der Waals surface area contributed by atoms with E-state index in [2.05, 4.69) is 10.3 Å². The number of thiazole rings is 1. The number of aryl methyl sites for hydroxylation is 1. The summed E-state index contributed by atoms with van der Waals surface area (Å²) in [6, 6.07) is 0. The van der Waals surface area contributed by atoms with Crippen LogP contribution >= 0.6 is 11.3 Å². The van der Waals surface area contributed by atoms with E-state index in [9.17, 15) is 5.11 Å². The number of aromatic nitrogens is 1. The Hall–Kier alpha value is -0.450. The molecule has 0 atom stereocenters. The lowest BCUT2D eigenvalue weighted by Crippen LogP contribution is -2.53. The molecular weight excluding hydrogens is 196 g/mol. The molecule has 0 aliphatic heterocycles. The Balaban J connectivity index is 1.90. The quantitative estimate of drug-likeness (QED) is 0.794. The predicted molar refractivity (Wildman–Crippen MR) is 57.4 cm³/mol. The van der Waals surface area contributed by atoms with Gasteiger partial charge in [0.15, 0.2) is 0 Å². The molecule has 0 bridgehead atoms. The van der Waals surface area contributed by atoms with Crippen LogP contribution < -0.4 is 5.32 Å². The van der Waals surface area contributed by atoms with Crippen LogP contribution in [0.5, 0.6) is 0 Å². The summed E-state index contributed by atoms with van der Waals surface area (Å²) in [5.74, 6) is 0. The summed E-state index contributed by atoms with van der Waals surface area (Å²) in [4.78, 5) is 5.49. The largest absolute Gasteiger partial charge is 0.394 e. The first-order chi connectivity index (χ1) is 6.76. The van der Waals surface area contributed by atoms with Crippen molar-refractivity contribution >= 4 is 11.3 Å². The molecule has 0 radical (unpaired) electrons. The molecule has 1 aromatic heterocycles. The monoisotopic (exact) mass is 212 g/mol. The van der Waals surface area contributed by atoms with Gasteiger partial charge in [0.2, 0.25) is 0 Å². The molecule has 1 aromatic rings. The number of hydrogen-bond acceptors (Lipinski definition) is 4. The van der Waals surface area contributed by atoms with E-state index < -0.39 is 0 Å². The van der Waals surface area contributed by atoms with Crippen LogP contribution in [-0.4, -0.2) is 22.2 Å². The van der Waals surface area contributed by atoms with Crippen LogP contribution in [0.25, 0.3) is 0 Å². The van der Waals surface area contributed by atoms with E-state index in [1.807, 2.05) is 12.4 Å². The third-order valence-corrected chi connectivity index (χ3v) is 4.02. The van der Waals surface area contributed by atoms with E-state index in [-0.39, 0.29) is 12.1 Å². The van der Waals surface area contributed by atoms with Crippen molar-refractivity contribution in [1.29, 1.82) is 0 Å². The molecule has 0 spiro atoms. The molecule has 0 unspecified atom stereocenters. The van der Waals surface area contributed by atoms with Crippen molar-refractivity contribution in [2.45, 2.75) is 38.3 Å². The summed E-state index contributed by atoms with van der Waals surface area (Å²) in [5.41, 5.74) is 2.99. The molecule has 4 heteroatoms. The van der Waals surface area contributed by atoms with Crippen LogP contribution in [0.4, 0.5) is 0 Å². The molecular formula is C10H16N2OS. The van der Waals surface area contributed by atoms with Crippen molar-refractivity contribution in [2.75, 3.05) is 6.61 Å². The Morgan fingerprint density at radius 1 is 1.64 bits per heavy atom. The number of hydrogen-bond donors (Lipinski definition) is 2. The number of nitrogens with one attached hydrogen (secondary N) is 1. The zero-order valence-corrected chi connectivity index (χ0v) is 9.23. The molecule has 1 aliphatic carbocycles. The summed E-state index contributed by atoms with van der Waals surface area (Å²) in [6.07, 6.45) is 3.43. The van der Waals surface area contributed by atoms with Crippen molar-refractivity contribution in [3.8, 4) is 0 Å². The maximum atomic E-state index is 9.26. The van der Waals surface area contributed by atoms with Gasteiger partial charge in [-0.3, -0.25) is 0 Å². The van der Waals surface area contributed by atoms with Gasteiger partial charge in [-0.1, -0.05) is 0 Å². The van der Waals surface area contributed by atoms with Gasteiger partial charge in [0, 0.05) is 17.0 Å². The SMILES string of the molecule is Cc1ncsc1CNC1(CO)CCC1. The Bertz CT molecular complexity index is 301. The van der Waals surface area contributed by atoms with Crippen LogP contribution in [0.15, 0.2) is 5.51 Å². The van der Waals surface area contributed by atoms with Gasteiger partial charge >= 0.3 is 0 Å². The standard InChI is InChI=1S/C10H16N2OS/c1-8-9(14-7-11-8)5-12-10(6-13)3-2-4-10/h7,12-13H,2-6H2,1H3. The Kier molecular flexibility index (Phi) is 2.85. The average molecular weight is 212 g/mol. The first-order valence-electron chi connectivity index (χ1n) is 5.01. The van der Waals surface area contributed by atoms with Crippen molar-refractivity contribution in [3.05, 3.63) is 16.1 Å². The topological polar surface area (TPSA) is 45.2 Å². The summed E-state index contributed by atoms with van der Waals surface area (Å²) >= 11 is 1.68. The van der Waals surface area contributed by atoms with Gasteiger partial charge < -0.3 is 10.4 Å². The summed E-state index contributed by atoms with van der Waals surface area (Å²) in [5, 5.41) is 12.7. The van der Waals surface area contributed by atoms with Gasteiger partial charge in [-0.05, 0) is 26.2 Å². The molecule has 0 amide bonds. The second-order valence-electron chi connectivity index (χ2n) is 4.01. The molecule has 1 fully saturated rings. The van der Waals surface area contributed by atoms with Crippen molar-refractivity contribution in [3.63, 3.8) is 0 Å². The van der Waals surface area contributed by atoms with Gasteiger partial charge in [-0.2, -0.15) is 0 Å². The van der Waals surface area contributed by atoms with Crippen LogP contribution in [0.1, 0.15) is 29.8 Å². The smallest absolute Gasteiger partial charge is 0.0798 e. The van der Waals surface area contributed by atoms with E-state index >= 15 is 0 Å². The Morgan fingerprint density at radius 2 is 2.43 bits per heavy atom. The van der Waals surface area contributed by atoms with Crippen molar-refractivity contribution < 1.29 is 5.11 Å². The molecule has 1 aliphatic rings. The molecule has 78 valence electrons. The highest BCUT2D eigenvalue weighted by Crippen LogP contribution is 2.31. The summed E-state index contributed by atoms with van der Waals surface area (Å²) in [6.45, 7) is 3.13. The zero-order valence-electron chi connectivity index (χ0n) is 8.42. The fraction of sp³-hybridized carbons (Fsp3) is 0.700. The molecule has 1 saturated carbocycles. The lowest BCUT2D eigenvalue weighted by molar-refractivity contribution is 0.0874. The number of nitrogens with zero attached hydrogens (tertiary/aromatic N) is 1. The predicted octanol–water partition coefficient (Wildman–Crippen LogP) is 1.46. The van der Waals surface area contributed by atoms with Gasteiger partial charge in [-0.25, -0.2) is 4.98 Å². The fourth-order valence-corrected chi connectivity index (χ4v) is 2.47. The third kappa shape index (κ3) is 1.82. The average Bonchev–Trinajstić information content (AvgIpc) is 2.51. The van der Waals surface area contributed by atoms with Crippen LogP contribution in [0.2, 0.25) is 0 Å². The highest BCUT2D eigenvalue weighted by molar-refractivity contribution is 7.09. The lowest BCUT2D eigenvalue weighted by atomic mass is 9.77. The highest BCUT2D eigenvalue weighted by Gasteiger charge is 2.35. The minimum atomic E-state index is 0.0103. The molecule has 0 saturated heterocycles. The molecule has 1 heterocycles. The lowest BCUT2D eigenvalue weighted by Gasteiger charge is -2.41. The van der Waals surface area contributed by atoms with Crippen LogP contribution in [0, 0.1) is 6.92 Å². The normalized spacial score (nSPS) is 19.3. The minimum Gasteiger partial charge on any atom is -0.394 e. The summed E-state index contributed by atoms with van der Waals surface area (Å²) in [7, 11) is 0. The maximum Gasteiger partial charge on any atom is 0.0798 e. The molecule has 2 N–H and O–H groups in total. The van der Waals surface area contributed by atoms with E-state index in [1.165, 1.54) is 11.3 Å². The van der Waals surface area contributed by atoms with Crippen LogP contribution in [0.3, 0.4) is 0 Å². The minimum absolute atomic E-state index is 0.0103. The van der Waals surface area contributed by atoms with Gasteiger partial charge in [0.25, 0.3) is 0 Å². The molecule has 3 nitrogen and oxygen atoms in total. The Morgan fingerprint density at radius 3 is 2.86 bits per heavy atom. The maximum absolute atomic E-state index is 9.26. The first kappa shape index (κ1) is 10.1. The van der Waals surface area contributed by atoms with Gasteiger partial charge in [0.1, 0.15) is 0 Å². The number of aliphatic hydroxyl groups is 1. The number of rotatable bonds is 4. The van der Waals surface area contributed by atoms with Gasteiger partial charge in [-0.15, -0.1) is 11.3 Å². The molecule has 2 rings (SSSR count). The van der Waals surface area contributed by atoms with E-state index in [1.54, 1.807) is 11.3 Å². The zero-order chi connectivity index (χ0) is 10.0. The second kappa shape index (κ2) is 3.96. The third-order valence-electron chi connectivity index (χ3n) is 3.08. The second-order valence-corrected chi connectivity index (χ2v) is 4.95. The fourth-order valence-electron chi connectivity index (χ4n) is 1.76. The van der Waals surface area contributed by atoms with Crippen molar-refractivity contribution in [2.24, 2.45) is 0 Å². The molecule has 14 heavy (non-hydrogen) atoms. The van der Waals surface area contributed by atoms with E-state index in [4.69, 9.17) is 0 Å². The van der Waals surface area contributed by atoms with E-state index in [0.717, 1.165) is 25.1 Å².